The number of aliphatic hydroxyl groups excluding tert-OH is 1. The fraction of sp³-hybridized carbons (Fsp3) is 0.611. The Kier molecular flexibility index (Phi) is 18.1. The summed E-state index contributed by atoms with van der Waals surface area (Å²) in [6, 6.07) is 1.03. The molecule has 16 N–H and O–H groups in total. The lowest BCUT2D eigenvalue weighted by molar-refractivity contribution is -0.0671. The highest BCUT2D eigenvalue weighted by Gasteiger charge is 2.50. The van der Waals surface area contributed by atoms with E-state index in [4.69, 9.17) is 69.0 Å². The van der Waals surface area contributed by atoms with Crippen molar-refractivity contribution in [3.05, 3.63) is 70.0 Å². The molecular weight excluding hydrogens is 1120 g/mol. The van der Waals surface area contributed by atoms with E-state index < -0.39 is 186 Å². The number of nitrogen functional groups attached to an aromatic ring is 2. The van der Waals surface area contributed by atoms with Crippen molar-refractivity contribution in [2.24, 2.45) is 11.5 Å². The summed E-state index contributed by atoms with van der Waals surface area (Å²) in [5, 5.41) is 15.5. The van der Waals surface area contributed by atoms with Gasteiger partial charge in [0.15, 0.2) is 0 Å². The number of amides is 4. The summed E-state index contributed by atoms with van der Waals surface area (Å²) in [6.45, 7) is -3.67. The quantitative estimate of drug-likeness (QED) is 0.0526. The lowest BCUT2D eigenvalue weighted by atomic mass is 10.2. The number of anilines is 2. The number of aliphatic hydroxyl groups is 1. The van der Waals surface area contributed by atoms with Crippen LogP contribution in [0.25, 0.3) is 0 Å². The van der Waals surface area contributed by atoms with Gasteiger partial charge in [0, 0.05) is 50.5 Å². The zero-order valence-corrected chi connectivity index (χ0v) is 43.2. The first-order valence-corrected chi connectivity index (χ1v) is 28.8. The van der Waals surface area contributed by atoms with Crippen molar-refractivity contribution >= 4 is 55.0 Å². The maximum absolute atomic E-state index is 13.8. The number of carbonyl (C=O) groups is 2. The highest BCUT2D eigenvalue weighted by atomic mass is 31.2. The Bertz CT molecular complexity index is 2880. The van der Waals surface area contributed by atoms with Crippen LogP contribution in [0, 0.1) is 0 Å². The van der Waals surface area contributed by atoms with Gasteiger partial charge < -0.3 is 82.1 Å². The molecule has 77 heavy (non-hydrogen) atoms. The third-order valence-electron chi connectivity index (χ3n) is 12.1. The molecule has 0 bridgehead atoms. The molecule has 17 atom stereocenters. The molecule has 4 fully saturated rings. The fourth-order valence-corrected chi connectivity index (χ4v) is 11.7. The topological polar surface area (TPSA) is 530 Å². The third-order valence-corrected chi connectivity index (χ3v) is 15.6. The van der Waals surface area contributed by atoms with E-state index in [1.807, 2.05) is 0 Å². The number of urea groups is 2. The van der Waals surface area contributed by atoms with Crippen LogP contribution in [0.4, 0.5) is 21.2 Å². The van der Waals surface area contributed by atoms with Crippen LogP contribution >= 0.6 is 31.3 Å². The van der Waals surface area contributed by atoms with Crippen molar-refractivity contribution in [2.75, 3.05) is 37.9 Å². The Labute approximate surface area is 432 Å². The molecule has 2 aromatic rings. The van der Waals surface area contributed by atoms with Gasteiger partial charge >= 0.3 is 54.7 Å². The summed E-state index contributed by atoms with van der Waals surface area (Å²) in [7, 11) is -21.1. The molecule has 4 saturated heterocycles. The molecule has 41 heteroatoms. The maximum atomic E-state index is 13.8. The number of phosphoric acid groups is 4. The molecule has 17 unspecified atom stereocenters. The largest absolute Gasteiger partial charge is 0.472 e. The van der Waals surface area contributed by atoms with Gasteiger partial charge in [-0.3, -0.25) is 50.6 Å². The normalized spacial score (nSPS) is 33.9. The van der Waals surface area contributed by atoms with Gasteiger partial charge in [-0.15, -0.1) is 0 Å². The second kappa shape index (κ2) is 23.7. The van der Waals surface area contributed by atoms with Gasteiger partial charge in [0.2, 0.25) is 0 Å². The van der Waals surface area contributed by atoms with Gasteiger partial charge in [-0.1, -0.05) is 0 Å². The van der Waals surface area contributed by atoms with Crippen LogP contribution in [-0.2, 0) is 68.9 Å². The van der Waals surface area contributed by atoms with E-state index in [1.54, 1.807) is 0 Å². The minimum Gasteiger partial charge on any atom is -0.390 e. The molecule has 428 valence electrons. The Morgan fingerprint density at radius 2 is 0.909 bits per heavy atom. The van der Waals surface area contributed by atoms with E-state index >= 15 is 0 Å². The predicted molar refractivity (Wildman–Crippen MR) is 250 cm³/mol. The summed E-state index contributed by atoms with van der Waals surface area (Å²) >= 11 is 0. The van der Waals surface area contributed by atoms with Crippen molar-refractivity contribution in [3.8, 4) is 0 Å². The number of carbonyl (C=O) groups excluding carboxylic acids is 2. The van der Waals surface area contributed by atoms with Crippen molar-refractivity contribution in [1.29, 1.82) is 0 Å². The summed E-state index contributed by atoms with van der Waals surface area (Å²) in [4.78, 5) is 112. The van der Waals surface area contributed by atoms with Gasteiger partial charge in [0.25, 0.3) is 0 Å². The van der Waals surface area contributed by atoms with Crippen LogP contribution in [0.2, 0.25) is 0 Å². The lowest BCUT2D eigenvalue weighted by Crippen LogP contribution is -2.52. The predicted octanol–water partition coefficient (Wildman–Crippen LogP) is -2.91. The van der Waals surface area contributed by atoms with Crippen LogP contribution in [-0.4, -0.2) is 171 Å². The summed E-state index contributed by atoms with van der Waals surface area (Å²) in [5.74, 6) is -0.316. The molecule has 6 aliphatic rings. The molecular formula is C36H54N12O25P4. The molecule has 8 rings (SSSR count). The number of rotatable bonds is 22. The number of ether oxygens (including phenoxy) is 4. The van der Waals surface area contributed by atoms with Crippen molar-refractivity contribution < 1.29 is 108 Å². The lowest BCUT2D eigenvalue weighted by Gasteiger charge is -2.30. The van der Waals surface area contributed by atoms with Gasteiger partial charge in [-0.25, -0.2) is 37.4 Å². The Morgan fingerprint density at radius 3 is 1.30 bits per heavy atom. The van der Waals surface area contributed by atoms with Crippen LogP contribution in [0.1, 0.15) is 38.1 Å². The summed E-state index contributed by atoms with van der Waals surface area (Å²) in [5.41, 5.74) is 20.8. The second-order valence-corrected chi connectivity index (χ2v) is 23.0. The minimum absolute atomic E-state index is 0.130. The standard InChI is InChI=1S/C36H54N12O25P4/c37-25-1-5-45(33(50)41-25)29-9-17(49)21(67-29)13-64-75(57,58)72-19-11-31(47-7-3-27(39)43-35(47)52)69-23(19)15-66-77(61,62)73-20-12-32(48-8-4-28(40)44-36(48)53)70-24(20)16-65-76(59,60)71-18-10-30(46-6-2-26(38)42-34(46)51)68-22(18)14-63-74(54,55)56/h1-8,17-25,28-32,49H,9-16,37,40H2,(H,41,50)(H,44,53)(H,57,58)(H,59,60)(H,61,62)(H2,38,42,51)(H2,39,43,52)(H2,54,55,56). The number of nitrogens with zero attached hydrogens (tertiary/aromatic N) is 6. The Balaban J connectivity index is 0.941. The van der Waals surface area contributed by atoms with Crippen LogP contribution in [0.5, 0.6) is 0 Å². The molecule has 4 amide bonds. The number of hydrogen-bond donors (Lipinski definition) is 12. The maximum Gasteiger partial charge on any atom is 0.472 e. The van der Waals surface area contributed by atoms with Gasteiger partial charge in [0.1, 0.15) is 79.3 Å². The van der Waals surface area contributed by atoms with Crippen molar-refractivity contribution in [3.63, 3.8) is 0 Å². The SMILES string of the molecule is Nc1ccn(C2CC(OP(=O)(O)OCC3OC(N4C=CC(N)NC4=O)CC3OP(=O)(O)OCC3OC(n4ccc(N)nc4=O)CC3OP(=O)(O)OCC3OC(N4C=CC(N)NC4=O)CC3O)C(COP(=O)(O)O)O2)c(=O)n1. The molecule has 6 aliphatic heterocycles. The molecule has 0 aliphatic carbocycles. The Hall–Kier alpha value is -4.46. The average Bonchev–Trinajstić information content (AvgIpc) is 4.12. The van der Waals surface area contributed by atoms with Gasteiger partial charge in [-0.2, -0.15) is 9.97 Å². The highest BCUT2D eigenvalue weighted by Crippen LogP contribution is 2.53. The molecule has 0 radical (unpaired) electrons. The minimum atomic E-state index is -5.40. The number of nitrogens with one attached hydrogen (secondary N) is 2. The molecule has 8 heterocycles. The van der Waals surface area contributed by atoms with Crippen molar-refractivity contribution in [1.82, 2.24) is 39.5 Å². The number of nitrogens with two attached hydrogens (primary N) is 4. The van der Waals surface area contributed by atoms with Crippen LogP contribution in [0.3, 0.4) is 0 Å². The zero-order chi connectivity index (χ0) is 55.8. The number of aromatic nitrogens is 4. The van der Waals surface area contributed by atoms with E-state index in [2.05, 4.69) is 25.1 Å². The average molecular weight is 1180 g/mol. The summed E-state index contributed by atoms with van der Waals surface area (Å²) < 4.78 is 114. The fourth-order valence-electron chi connectivity index (χ4n) is 8.49. The second-order valence-electron chi connectivity index (χ2n) is 17.6. The van der Waals surface area contributed by atoms with E-state index in [0.29, 0.717) is 0 Å². The third kappa shape index (κ3) is 15.3. The van der Waals surface area contributed by atoms with E-state index in [0.717, 1.165) is 18.9 Å². The number of phosphoric ester groups is 4. The van der Waals surface area contributed by atoms with E-state index in [-0.39, 0.29) is 18.1 Å². The molecule has 2 aromatic heterocycles. The van der Waals surface area contributed by atoms with Crippen molar-refractivity contribution in [2.45, 2.75) is 112 Å². The monoisotopic (exact) mass is 1180 g/mol. The first kappa shape index (κ1) is 58.7. The van der Waals surface area contributed by atoms with Crippen LogP contribution in [0.15, 0.2) is 58.7 Å². The summed E-state index contributed by atoms with van der Waals surface area (Å²) in [6.07, 6.45) is -12.5. The first-order chi connectivity index (χ1) is 36.1. The molecule has 0 aromatic carbocycles. The van der Waals surface area contributed by atoms with Gasteiger partial charge in [-0.05, 0) is 24.3 Å². The molecule has 0 spiro atoms. The van der Waals surface area contributed by atoms with Gasteiger partial charge in [0.05, 0.1) is 44.9 Å². The molecule has 0 saturated carbocycles. The smallest absolute Gasteiger partial charge is 0.390 e. The molecule has 37 nitrogen and oxygen atoms in total. The van der Waals surface area contributed by atoms with Crippen LogP contribution < -0.4 is 44.9 Å². The first-order valence-electron chi connectivity index (χ1n) is 22.8. The highest BCUT2D eigenvalue weighted by molar-refractivity contribution is 7.48. The van der Waals surface area contributed by atoms with E-state index in [9.17, 15) is 67.0 Å². The Morgan fingerprint density at radius 1 is 0.558 bits per heavy atom. The zero-order valence-electron chi connectivity index (χ0n) is 39.6. The van der Waals surface area contributed by atoms with E-state index in [1.165, 1.54) is 49.1 Å². The number of hydrogen-bond acceptors (Lipinski definition) is 26.